The molecule has 0 radical (unpaired) electrons. The summed E-state index contributed by atoms with van der Waals surface area (Å²) in [6, 6.07) is 9.70. The van der Waals surface area contributed by atoms with E-state index in [1.165, 1.54) is 31.0 Å². The van der Waals surface area contributed by atoms with Gasteiger partial charge in [0.2, 0.25) is 5.82 Å². The second-order valence-corrected chi connectivity index (χ2v) is 9.61. The smallest absolute Gasteiger partial charge is 0.475 e. The van der Waals surface area contributed by atoms with Crippen molar-refractivity contribution in [2.45, 2.75) is 45.8 Å². The van der Waals surface area contributed by atoms with Crippen molar-refractivity contribution in [3.05, 3.63) is 51.9 Å². The van der Waals surface area contributed by atoms with Gasteiger partial charge in [0.1, 0.15) is 6.07 Å². The van der Waals surface area contributed by atoms with Crippen LogP contribution in [0.25, 0.3) is 0 Å². The van der Waals surface area contributed by atoms with Crippen molar-refractivity contribution in [2.75, 3.05) is 24.6 Å². The average molecular weight is 585 g/mol. The number of aliphatic carboxylic acids is 1. The van der Waals surface area contributed by atoms with Crippen LogP contribution in [0.4, 0.5) is 19.0 Å². The lowest BCUT2D eigenvalue weighted by molar-refractivity contribution is -0.192. The van der Waals surface area contributed by atoms with E-state index in [0.717, 1.165) is 19.6 Å². The molecular weight excluding hydrogens is 557 g/mol. The Balaban J connectivity index is 0.000000604. The van der Waals surface area contributed by atoms with E-state index in [2.05, 4.69) is 50.1 Å². The molecule has 2 aromatic rings. The van der Waals surface area contributed by atoms with Crippen molar-refractivity contribution in [3.8, 4) is 6.07 Å². The molecule has 1 fully saturated rings. The molecule has 2 N–H and O–H groups in total. The largest absolute Gasteiger partial charge is 0.490 e. The number of carbonyl (C=O) groups excluding carboxylic acids is 1. The van der Waals surface area contributed by atoms with E-state index in [9.17, 15) is 18.0 Å². The maximum absolute atomic E-state index is 12.9. The lowest BCUT2D eigenvalue weighted by atomic mass is 10.1. The second-order valence-electron chi connectivity index (χ2n) is 8.76. The molecule has 0 atom stereocenters. The lowest BCUT2D eigenvalue weighted by Gasteiger charge is -2.27. The van der Waals surface area contributed by atoms with Crippen LogP contribution >= 0.6 is 15.9 Å². The zero-order valence-corrected chi connectivity index (χ0v) is 22.0. The standard InChI is InChI=1S/C22H27BrN6O.C2HF3O2/c1-16(2)14-29(21-19(23)13-25-20(12-24)26-21)27-22(30)18-8-6-17(7-9-18)15-28-10-4-3-5-11-28;3-2(4,5)1(6)7/h6-9,13,16H,3-5,10-11,14-15H2,1-2H3,(H,27,30);(H,6,7). The molecule has 1 saturated heterocycles. The van der Waals surface area contributed by atoms with Crippen LogP contribution in [0.5, 0.6) is 0 Å². The van der Waals surface area contributed by atoms with Gasteiger partial charge in [-0.3, -0.25) is 20.1 Å². The van der Waals surface area contributed by atoms with Gasteiger partial charge in [0.05, 0.1) is 4.47 Å². The third-order valence-electron chi connectivity index (χ3n) is 5.18. The van der Waals surface area contributed by atoms with E-state index >= 15 is 0 Å². The fourth-order valence-electron chi connectivity index (χ4n) is 3.48. The first-order chi connectivity index (χ1) is 17.4. The summed E-state index contributed by atoms with van der Waals surface area (Å²) < 4.78 is 32.3. The number of hydrazine groups is 1. The highest BCUT2D eigenvalue weighted by molar-refractivity contribution is 9.10. The molecule has 1 aromatic carbocycles. The van der Waals surface area contributed by atoms with Gasteiger partial charge < -0.3 is 5.11 Å². The Bertz CT molecular complexity index is 1100. The highest BCUT2D eigenvalue weighted by Gasteiger charge is 2.38. The SMILES string of the molecule is CC(C)CN(NC(=O)c1ccc(CN2CCCCC2)cc1)c1nc(C#N)ncc1Br.O=C(O)C(F)(F)F. The third-order valence-corrected chi connectivity index (χ3v) is 5.74. The van der Waals surface area contributed by atoms with Gasteiger partial charge >= 0.3 is 12.1 Å². The number of amides is 1. The normalized spacial score (nSPS) is 13.8. The zero-order chi connectivity index (χ0) is 27.6. The van der Waals surface area contributed by atoms with Gasteiger partial charge in [0.15, 0.2) is 5.82 Å². The third kappa shape index (κ3) is 9.97. The predicted molar refractivity (Wildman–Crippen MR) is 133 cm³/mol. The number of nitrogens with zero attached hydrogens (tertiary/aromatic N) is 5. The number of carboxylic acid groups (broad SMARTS) is 1. The molecular formula is C24H28BrF3N6O3. The molecule has 9 nitrogen and oxygen atoms in total. The highest BCUT2D eigenvalue weighted by atomic mass is 79.9. The molecule has 0 bridgehead atoms. The molecule has 3 rings (SSSR count). The number of hydrogen-bond acceptors (Lipinski definition) is 7. The molecule has 0 spiro atoms. The number of benzene rings is 1. The quantitative estimate of drug-likeness (QED) is 0.455. The number of aromatic nitrogens is 2. The fraction of sp³-hybridized carbons (Fsp3) is 0.458. The lowest BCUT2D eigenvalue weighted by Crippen LogP contribution is -2.45. The van der Waals surface area contributed by atoms with E-state index in [1.807, 2.05) is 30.3 Å². The van der Waals surface area contributed by atoms with Gasteiger partial charge in [-0.2, -0.15) is 23.4 Å². The van der Waals surface area contributed by atoms with Crippen LogP contribution in [-0.2, 0) is 11.3 Å². The van der Waals surface area contributed by atoms with Gasteiger partial charge in [-0.25, -0.2) is 9.78 Å². The van der Waals surface area contributed by atoms with E-state index in [1.54, 1.807) is 5.01 Å². The Kier molecular flexibility index (Phi) is 11.3. The number of carbonyl (C=O) groups is 2. The number of alkyl halides is 3. The summed E-state index contributed by atoms with van der Waals surface area (Å²) in [4.78, 5) is 32.5. The summed E-state index contributed by atoms with van der Waals surface area (Å²) in [5.74, 6) is -2.19. The number of piperidine rings is 1. The molecule has 1 amide bonds. The first-order valence-corrected chi connectivity index (χ1v) is 12.3. The minimum absolute atomic E-state index is 0.0540. The van der Waals surface area contributed by atoms with Crippen LogP contribution in [0.15, 0.2) is 34.9 Å². The van der Waals surface area contributed by atoms with Gasteiger partial charge in [0, 0.05) is 24.8 Å². The van der Waals surface area contributed by atoms with Crippen molar-refractivity contribution >= 4 is 33.6 Å². The number of halogens is 4. The summed E-state index contributed by atoms with van der Waals surface area (Å²) in [5, 5.41) is 17.9. The number of anilines is 1. The van der Waals surface area contributed by atoms with Crippen LogP contribution in [-0.4, -0.2) is 57.7 Å². The monoisotopic (exact) mass is 584 g/mol. The molecule has 0 unspecified atom stereocenters. The number of rotatable bonds is 7. The van der Waals surface area contributed by atoms with Crippen LogP contribution in [0.1, 0.15) is 54.9 Å². The average Bonchev–Trinajstić information content (AvgIpc) is 2.84. The number of hydrogen-bond donors (Lipinski definition) is 2. The summed E-state index contributed by atoms with van der Waals surface area (Å²) in [5.41, 5.74) is 4.72. The van der Waals surface area contributed by atoms with Gasteiger partial charge in [-0.1, -0.05) is 32.4 Å². The van der Waals surface area contributed by atoms with E-state index < -0.39 is 12.1 Å². The van der Waals surface area contributed by atoms with Gasteiger partial charge in [-0.15, -0.1) is 0 Å². The number of likely N-dealkylation sites (tertiary alicyclic amines) is 1. The molecule has 0 saturated carbocycles. The number of nitrogens with one attached hydrogen (secondary N) is 1. The second kappa shape index (κ2) is 13.9. The zero-order valence-electron chi connectivity index (χ0n) is 20.4. The van der Waals surface area contributed by atoms with Crippen molar-refractivity contribution in [2.24, 2.45) is 5.92 Å². The minimum atomic E-state index is -5.08. The molecule has 0 aliphatic carbocycles. The fourth-order valence-corrected chi connectivity index (χ4v) is 3.88. The molecule has 1 aliphatic rings. The molecule has 2 heterocycles. The van der Waals surface area contributed by atoms with E-state index in [-0.39, 0.29) is 17.6 Å². The van der Waals surface area contributed by atoms with Crippen LogP contribution in [0.2, 0.25) is 0 Å². The first kappa shape index (κ1) is 30.0. The number of carboxylic acids is 1. The minimum Gasteiger partial charge on any atom is -0.475 e. The summed E-state index contributed by atoms with van der Waals surface area (Å²) in [7, 11) is 0. The Morgan fingerprint density at radius 3 is 2.32 bits per heavy atom. The Morgan fingerprint density at radius 1 is 1.22 bits per heavy atom. The van der Waals surface area contributed by atoms with Crippen molar-refractivity contribution < 1.29 is 27.9 Å². The van der Waals surface area contributed by atoms with Crippen LogP contribution in [0.3, 0.4) is 0 Å². The summed E-state index contributed by atoms with van der Waals surface area (Å²) >= 11 is 3.42. The van der Waals surface area contributed by atoms with Crippen LogP contribution in [0, 0.1) is 17.2 Å². The van der Waals surface area contributed by atoms with Crippen molar-refractivity contribution in [1.82, 2.24) is 20.3 Å². The molecule has 1 aliphatic heterocycles. The topological polar surface area (TPSA) is 122 Å². The molecule has 13 heteroatoms. The van der Waals surface area contributed by atoms with Crippen molar-refractivity contribution in [1.29, 1.82) is 5.26 Å². The van der Waals surface area contributed by atoms with Gasteiger partial charge in [-0.05, 0) is 65.5 Å². The Labute approximate surface area is 221 Å². The molecule has 1 aromatic heterocycles. The summed E-state index contributed by atoms with van der Waals surface area (Å²) in [6.07, 6.45) is 0.285. The maximum atomic E-state index is 12.9. The maximum Gasteiger partial charge on any atom is 0.490 e. The highest BCUT2D eigenvalue weighted by Crippen LogP contribution is 2.23. The van der Waals surface area contributed by atoms with E-state index in [4.69, 9.17) is 15.2 Å². The van der Waals surface area contributed by atoms with E-state index in [0.29, 0.717) is 22.4 Å². The molecule has 37 heavy (non-hydrogen) atoms. The number of nitriles is 1. The first-order valence-electron chi connectivity index (χ1n) is 11.5. The van der Waals surface area contributed by atoms with Gasteiger partial charge in [0.25, 0.3) is 5.91 Å². The Hall–Kier alpha value is -3.24. The predicted octanol–water partition coefficient (Wildman–Crippen LogP) is 4.54. The van der Waals surface area contributed by atoms with Crippen LogP contribution < -0.4 is 10.4 Å². The van der Waals surface area contributed by atoms with Crippen molar-refractivity contribution in [3.63, 3.8) is 0 Å². The summed E-state index contributed by atoms with van der Waals surface area (Å²) in [6.45, 7) is 7.85. The Morgan fingerprint density at radius 2 is 1.81 bits per heavy atom. The molecule has 200 valence electrons.